The number of sulfone groups is 1. The Morgan fingerprint density at radius 1 is 1.40 bits per heavy atom. The van der Waals surface area contributed by atoms with Crippen LogP contribution in [0.4, 0.5) is 0 Å². The van der Waals surface area contributed by atoms with Crippen LogP contribution in [0.5, 0.6) is 0 Å². The van der Waals surface area contributed by atoms with Gasteiger partial charge < -0.3 is 0 Å². The number of benzene rings is 1. The van der Waals surface area contributed by atoms with E-state index in [9.17, 15) is 8.42 Å². The first-order chi connectivity index (χ1) is 6.95. The predicted octanol–water partition coefficient (Wildman–Crippen LogP) is 2.38. The molecule has 0 heterocycles. The first-order valence-corrected chi connectivity index (χ1v) is 6.78. The summed E-state index contributed by atoms with van der Waals surface area (Å²) in [5.74, 6) is -0.621. The molecule has 0 saturated heterocycles. The Hall–Kier alpha value is -0.860. The van der Waals surface area contributed by atoms with Crippen molar-refractivity contribution in [3.05, 3.63) is 28.7 Å². The quantitative estimate of drug-likeness (QED) is 0.858. The summed E-state index contributed by atoms with van der Waals surface area (Å²) in [4.78, 5) is 0.257. The zero-order valence-electron chi connectivity index (χ0n) is 8.14. The van der Waals surface area contributed by atoms with Crippen molar-refractivity contribution < 1.29 is 8.42 Å². The molecule has 0 aliphatic rings. The van der Waals surface area contributed by atoms with Crippen molar-refractivity contribution in [3.8, 4) is 6.07 Å². The summed E-state index contributed by atoms with van der Waals surface area (Å²) in [5.41, 5.74) is 0. The lowest BCUT2D eigenvalue weighted by molar-refractivity contribution is 0.589. The van der Waals surface area contributed by atoms with Gasteiger partial charge in [0.05, 0.1) is 22.6 Å². The largest absolute Gasteiger partial charge is 0.224 e. The molecule has 0 radical (unpaired) electrons. The van der Waals surface area contributed by atoms with Crippen molar-refractivity contribution in [2.24, 2.45) is 5.92 Å². The molecule has 0 spiro atoms. The monoisotopic (exact) mass is 287 g/mol. The highest BCUT2D eigenvalue weighted by atomic mass is 79.9. The van der Waals surface area contributed by atoms with Gasteiger partial charge in [0.1, 0.15) is 0 Å². The third-order valence-electron chi connectivity index (χ3n) is 1.86. The molecule has 5 heteroatoms. The van der Waals surface area contributed by atoms with Crippen LogP contribution in [-0.2, 0) is 9.84 Å². The maximum absolute atomic E-state index is 11.7. The molecule has 0 N–H and O–H groups in total. The first-order valence-electron chi connectivity index (χ1n) is 4.33. The van der Waals surface area contributed by atoms with E-state index in [1.165, 1.54) is 12.1 Å². The van der Waals surface area contributed by atoms with E-state index in [0.29, 0.717) is 0 Å². The van der Waals surface area contributed by atoms with Crippen LogP contribution in [0, 0.1) is 17.2 Å². The highest BCUT2D eigenvalue weighted by Gasteiger charge is 2.17. The van der Waals surface area contributed by atoms with Gasteiger partial charge in [0.25, 0.3) is 0 Å². The Balaban J connectivity index is 2.98. The molecule has 80 valence electrons. The maximum atomic E-state index is 11.7. The summed E-state index contributed by atoms with van der Waals surface area (Å²) in [7, 11) is -3.33. The highest BCUT2D eigenvalue weighted by molar-refractivity contribution is 9.10. The number of rotatable bonds is 3. The Morgan fingerprint density at radius 2 is 1.93 bits per heavy atom. The molecule has 1 aromatic rings. The minimum Gasteiger partial charge on any atom is -0.224 e. The lowest BCUT2D eigenvalue weighted by Gasteiger charge is -2.05. The molecule has 0 saturated carbocycles. The fourth-order valence-electron chi connectivity index (χ4n) is 1.10. The van der Waals surface area contributed by atoms with E-state index < -0.39 is 15.8 Å². The number of hydrogen-bond acceptors (Lipinski definition) is 3. The van der Waals surface area contributed by atoms with Crippen LogP contribution in [0.15, 0.2) is 33.6 Å². The number of nitriles is 1. The van der Waals surface area contributed by atoms with Gasteiger partial charge in [-0.05, 0) is 31.2 Å². The van der Waals surface area contributed by atoms with Crippen molar-refractivity contribution in [2.75, 3.05) is 5.75 Å². The molecule has 0 aliphatic heterocycles. The highest BCUT2D eigenvalue weighted by Crippen LogP contribution is 2.17. The predicted molar refractivity (Wildman–Crippen MR) is 61.0 cm³/mol. The molecule has 1 unspecified atom stereocenters. The standard InChI is InChI=1S/C10H10BrNO2S/c1-8(6-12)7-15(13,14)10-4-2-9(11)3-5-10/h2-5,8H,7H2,1H3. The van der Waals surface area contributed by atoms with E-state index in [1.807, 2.05) is 6.07 Å². The third kappa shape index (κ3) is 3.33. The van der Waals surface area contributed by atoms with Crippen LogP contribution >= 0.6 is 15.9 Å². The molecule has 1 atom stereocenters. The smallest absolute Gasteiger partial charge is 0.179 e. The SMILES string of the molecule is CC(C#N)CS(=O)(=O)c1ccc(Br)cc1. The van der Waals surface area contributed by atoms with Crippen LogP contribution in [0.1, 0.15) is 6.92 Å². The van der Waals surface area contributed by atoms with Gasteiger partial charge in [0.2, 0.25) is 0 Å². The maximum Gasteiger partial charge on any atom is 0.179 e. The summed E-state index contributed by atoms with van der Waals surface area (Å²) in [5, 5.41) is 8.57. The van der Waals surface area contributed by atoms with Gasteiger partial charge in [-0.3, -0.25) is 0 Å². The number of nitrogens with zero attached hydrogens (tertiary/aromatic N) is 1. The van der Waals surface area contributed by atoms with Crippen molar-refractivity contribution in [2.45, 2.75) is 11.8 Å². The van der Waals surface area contributed by atoms with Gasteiger partial charge in [-0.2, -0.15) is 5.26 Å². The van der Waals surface area contributed by atoms with Gasteiger partial charge in [-0.15, -0.1) is 0 Å². The van der Waals surface area contributed by atoms with Crippen LogP contribution in [0.2, 0.25) is 0 Å². The van der Waals surface area contributed by atoms with Crippen molar-refractivity contribution >= 4 is 25.8 Å². The first kappa shape index (κ1) is 12.2. The van der Waals surface area contributed by atoms with Crippen molar-refractivity contribution in [3.63, 3.8) is 0 Å². The second-order valence-electron chi connectivity index (χ2n) is 3.27. The second kappa shape index (κ2) is 4.77. The molecule has 0 bridgehead atoms. The summed E-state index contributed by atoms with van der Waals surface area (Å²) >= 11 is 3.23. The molecule has 0 aromatic heterocycles. The molecule has 3 nitrogen and oxygen atoms in total. The average molecular weight is 288 g/mol. The molecular weight excluding hydrogens is 278 g/mol. The Bertz CT molecular complexity index is 473. The van der Waals surface area contributed by atoms with Crippen molar-refractivity contribution in [1.29, 1.82) is 5.26 Å². The van der Waals surface area contributed by atoms with Crippen LogP contribution in [0.3, 0.4) is 0 Å². The zero-order valence-corrected chi connectivity index (χ0v) is 10.5. The van der Waals surface area contributed by atoms with Gasteiger partial charge in [0.15, 0.2) is 9.84 Å². The van der Waals surface area contributed by atoms with Gasteiger partial charge in [-0.1, -0.05) is 15.9 Å². The normalized spacial score (nSPS) is 13.1. The Labute approximate surface area is 97.8 Å². The molecule has 0 fully saturated rings. The second-order valence-corrected chi connectivity index (χ2v) is 6.22. The number of halogens is 1. The Morgan fingerprint density at radius 3 is 2.40 bits per heavy atom. The van der Waals surface area contributed by atoms with E-state index in [4.69, 9.17) is 5.26 Å². The fraction of sp³-hybridized carbons (Fsp3) is 0.300. The zero-order chi connectivity index (χ0) is 11.5. The van der Waals surface area contributed by atoms with Gasteiger partial charge >= 0.3 is 0 Å². The van der Waals surface area contributed by atoms with Crippen molar-refractivity contribution in [1.82, 2.24) is 0 Å². The van der Waals surface area contributed by atoms with E-state index in [0.717, 1.165) is 4.47 Å². The van der Waals surface area contributed by atoms with E-state index in [-0.39, 0.29) is 10.6 Å². The lowest BCUT2D eigenvalue weighted by Crippen LogP contribution is -2.12. The number of hydrogen-bond donors (Lipinski definition) is 0. The van der Waals surface area contributed by atoms with E-state index >= 15 is 0 Å². The summed E-state index contributed by atoms with van der Waals surface area (Å²) in [6.07, 6.45) is 0. The van der Waals surface area contributed by atoms with Crippen LogP contribution < -0.4 is 0 Å². The van der Waals surface area contributed by atoms with Gasteiger partial charge in [0, 0.05) is 4.47 Å². The summed E-state index contributed by atoms with van der Waals surface area (Å²) in [6, 6.07) is 8.32. The van der Waals surface area contributed by atoms with Gasteiger partial charge in [-0.25, -0.2) is 8.42 Å². The summed E-state index contributed by atoms with van der Waals surface area (Å²) in [6.45, 7) is 1.59. The van der Waals surface area contributed by atoms with E-state index in [1.54, 1.807) is 19.1 Å². The molecule has 15 heavy (non-hydrogen) atoms. The Kier molecular flexibility index (Phi) is 3.89. The average Bonchev–Trinajstić information content (AvgIpc) is 2.17. The topological polar surface area (TPSA) is 57.9 Å². The molecule has 0 aliphatic carbocycles. The molecular formula is C10H10BrNO2S. The third-order valence-corrected chi connectivity index (χ3v) is 4.32. The molecule has 1 aromatic carbocycles. The van der Waals surface area contributed by atoms with Crippen LogP contribution in [0.25, 0.3) is 0 Å². The molecule has 1 rings (SSSR count). The fourth-order valence-corrected chi connectivity index (χ4v) is 2.84. The minimum absolute atomic E-state index is 0.134. The minimum atomic E-state index is -3.33. The van der Waals surface area contributed by atoms with E-state index in [2.05, 4.69) is 15.9 Å². The van der Waals surface area contributed by atoms with Crippen LogP contribution in [-0.4, -0.2) is 14.2 Å². The summed E-state index contributed by atoms with van der Waals surface area (Å²) < 4.78 is 24.3. The lowest BCUT2D eigenvalue weighted by atomic mass is 10.3. The molecule has 0 amide bonds.